The molecule has 22 heavy (non-hydrogen) atoms. The summed E-state index contributed by atoms with van der Waals surface area (Å²) in [6.07, 6.45) is -4.46. The topological polar surface area (TPSA) is 82.7 Å². The molecule has 1 aromatic carbocycles. The summed E-state index contributed by atoms with van der Waals surface area (Å²) < 4.78 is 37.8. The van der Waals surface area contributed by atoms with Crippen LogP contribution in [-0.4, -0.2) is 21.2 Å². The third-order valence-corrected chi connectivity index (χ3v) is 2.80. The van der Waals surface area contributed by atoms with Gasteiger partial charge in [-0.15, -0.1) is 0 Å². The number of urea groups is 1. The number of carbonyl (C=O) groups excluding carboxylic acids is 1. The number of hydrogen-bond donors (Lipinski definition) is 3. The van der Waals surface area contributed by atoms with Crippen LogP contribution in [0, 0.1) is 6.92 Å². The van der Waals surface area contributed by atoms with Crippen LogP contribution in [0.4, 0.5) is 23.7 Å². The number of amides is 2. The molecule has 0 fully saturated rings. The molecule has 0 bridgehead atoms. The molecule has 1 aromatic heterocycles. The van der Waals surface area contributed by atoms with E-state index in [1.165, 1.54) is 12.1 Å². The zero-order chi connectivity index (χ0) is 16.3. The Balaban J connectivity index is 2.00. The molecule has 0 unspecified atom stereocenters. The largest absolute Gasteiger partial charge is 0.416 e. The van der Waals surface area contributed by atoms with E-state index in [0.717, 1.165) is 12.1 Å². The first-order valence-electron chi connectivity index (χ1n) is 6.39. The Hall–Kier alpha value is -2.58. The third-order valence-electron chi connectivity index (χ3n) is 2.80. The molecule has 2 aromatic rings. The van der Waals surface area contributed by atoms with Crippen molar-refractivity contribution >= 4 is 11.7 Å². The van der Waals surface area contributed by atoms with E-state index < -0.39 is 23.8 Å². The highest BCUT2D eigenvalue weighted by atomic mass is 19.4. The minimum atomic E-state index is -4.46. The van der Waals surface area contributed by atoms with Gasteiger partial charge in [-0.05, 0) is 32.0 Å². The van der Waals surface area contributed by atoms with Gasteiger partial charge in [0.15, 0.2) is 5.82 Å². The van der Waals surface area contributed by atoms with E-state index in [0.29, 0.717) is 11.6 Å². The maximum atomic E-state index is 12.6. The Labute approximate surface area is 124 Å². The fourth-order valence-electron chi connectivity index (χ4n) is 1.76. The summed E-state index contributed by atoms with van der Waals surface area (Å²) >= 11 is 0. The van der Waals surface area contributed by atoms with Gasteiger partial charge in [-0.3, -0.25) is 5.10 Å². The highest BCUT2D eigenvalue weighted by Gasteiger charge is 2.30. The molecule has 3 N–H and O–H groups in total. The van der Waals surface area contributed by atoms with Gasteiger partial charge in [-0.1, -0.05) is 6.07 Å². The van der Waals surface area contributed by atoms with E-state index in [1.54, 1.807) is 13.8 Å². The van der Waals surface area contributed by atoms with E-state index in [4.69, 9.17) is 0 Å². The van der Waals surface area contributed by atoms with Crippen molar-refractivity contribution in [3.63, 3.8) is 0 Å². The summed E-state index contributed by atoms with van der Waals surface area (Å²) in [6, 6.07) is 3.25. The predicted molar refractivity (Wildman–Crippen MR) is 73.1 cm³/mol. The van der Waals surface area contributed by atoms with E-state index in [9.17, 15) is 18.0 Å². The lowest BCUT2D eigenvalue weighted by atomic mass is 10.2. The molecule has 0 saturated carbocycles. The number of carbonyl (C=O) groups is 1. The van der Waals surface area contributed by atoms with E-state index >= 15 is 0 Å². The number of nitrogens with zero attached hydrogens (tertiary/aromatic N) is 2. The normalized spacial score (nSPS) is 12.8. The Morgan fingerprint density at radius 3 is 2.68 bits per heavy atom. The monoisotopic (exact) mass is 313 g/mol. The van der Waals surface area contributed by atoms with E-state index in [1.807, 2.05) is 0 Å². The summed E-state index contributed by atoms with van der Waals surface area (Å²) in [5.41, 5.74) is -0.784. The Morgan fingerprint density at radius 1 is 1.36 bits per heavy atom. The standard InChI is InChI=1S/C13H14F3N5O/c1-7(11-18-8(2)20-21-11)17-12(22)19-10-5-3-4-9(6-10)13(14,15)16/h3-7H,1-2H3,(H2,17,19,22)(H,18,20,21)/t7-/m1/s1. The van der Waals surface area contributed by atoms with Gasteiger partial charge in [0.25, 0.3) is 0 Å². The Morgan fingerprint density at radius 2 is 2.09 bits per heavy atom. The maximum Gasteiger partial charge on any atom is 0.416 e. The SMILES string of the molecule is Cc1nc([C@@H](C)NC(=O)Nc2cccc(C(F)(F)F)c2)n[nH]1. The van der Waals surface area contributed by atoms with Gasteiger partial charge in [-0.25, -0.2) is 9.78 Å². The fourth-order valence-corrected chi connectivity index (χ4v) is 1.76. The van der Waals surface area contributed by atoms with Gasteiger partial charge < -0.3 is 10.6 Å². The molecule has 0 aliphatic carbocycles. The van der Waals surface area contributed by atoms with Crippen molar-refractivity contribution in [3.8, 4) is 0 Å². The molecular weight excluding hydrogens is 299 g/mol. The van der Waals surface area contributed by atoms with Crippen molar-refractivity contribution in [1.82, 2.24) is 20.5 Å². The predicted octanol–water partition coefficient (Wildman–Crippen LogP) is 3.01. The number of H-pyrrole nitrogens is 1. The van der Waals surface area contributed by atoms with Crippen molar-refractivity contribution in [2.24, 2.45) is 0 Å². The molecule has 0 aliphatic rings. The first kappa shape index (κ1) is 15.8. The molecule has 2 rings (SSSR count). The molecule has 9 heteroatoms. The Bertz CT molecular complexity index is 668. The first-order chi connectivity index (χ1) is 10.3. The number of aromatic nitrogens is 3. The number of alkyl halides is 3. The van der Waals surface area contributed by atoms with Crippen LogP contribution in [-0.2, 0) is 6.18 Å². The van der Waals surface area contributed by atoms with Crippen molar-refractivity contribution < 1.29 is 18.0 Å². The quantitative estimate of drug-likeness (QED) is 0.814. The minimum absolute atomic E-state index is 0.0469. The van der Waals surface area contributed by atoms with E-state index in [-0.39, 0.29) is 5.69 Å². The van der Waals surface area contributed by atoms with Gasteiger partial charge in [0.05, 0.1) is 11.6 Å². The average Bonchev–Trinajstić information content (AvgIpc) is 2.84. The second-order valence-corrected chi connectivity index (χ2v) is 4.68. The van der Waals surface area contributed by atoms with Crippen molar-refractivity contribution in [2.45, 2.75) is 26.1 Å². The maximum absolute atomic E-state index is 12.6. The number of nitrogens with one attached hydrogen (secondary N) is 3. The van der Waals surface area contributed by atoms with Gasteiger partial charge in [-0.2, -0.15) is 18.3 Å². The number of hydrogen-bond acceptors (Lipinski definition) is 3. The molecular formula is C13H14F3N5O. The van der Waals surface area contributed by atoms with Crippen LogP contribution in [0.2, 0.25) is 0 Å². The summed E-state index contributed by atoms with van der Waals surface area (Å²) in [4.78, 5) is 15.9. The van der Waals surface area contributed by atoms with Crippen LogP contribution in [0.5, 0.6) is 0 Å². The highest BCUT2D eigenvalue weighted by molar-refractivity contribution is 5.89. The van der Waals surface area contributed by atoms with Crippen LogP contribution < -0.4 is 10.6 Å². The molecule has 0 aliphatic heterocycles. The summed E-state index contributed by atoms with van der Waals surface area (Å²) in [5.74, 6) is 0.985. The van der Waals surface area contributed by atoms with Gasteiger partial charge >= 0.3 is 12.2 Å². The average molecular weight is 313 g/mol. The summed E-state index contributed by atoms with van der Waals surface area (Å²) in [5, 5.41) is 11.4. The van der Waals surface area contributed by atoms with Gasteiger partial charge in [0, 0.05) is 5.69 Å². The molecule has 0 radical (unpaired) electrons. The zero-order valence-electron chi connectivity index (χ0n) is 11.8. The number of aromatic amines is 1. The van der Waals surface area contributed by atoms with Crippen molar-refractivity contribution in [1.29, 1.82) is 0 Å². The van der Waals surface area contributed by atoms with Gasteiger partial charge in [0.1, 0.15) is 5.82 Å². The third kappa shape index (κ3) is 3.96. The van der Waals surface area contributed by atoms with Crippen LogP contribution in [0.1, 0.15) is 30.2 Å². The number of aryl methyl sites for hydroxylation is 1. The van der Waals surface area contributed by atoms with Crippen molar-refractivity contribution in [3.05, 3.63) is 41.5 Å². The molecule has 0 spiro atoms. The number of anilines is 1. The smallest absolute Gasteiger partial charge is 0.328 e. The van der Waals surface area contributed by atoms with Crippen LogP contribution in [0.3, 0.4) is 0 Å². The minimum Gasteiger partial charge on any atom is -0.328 e. The molecule has 6 nitrogen and oxygen atoms in total. The number of benzene rings is 1. The van der Waals surface area contributed by atoms with Crippen molar-refractivity contribution in [2.75, 3.05) is 5.32 Å². The molecule has 1 heterocycles. The van der Waals surface area contributed by atoms with Crippen LogP contribution in [0.25, 0.3) is 0 Å². The molecule has 2 amide bonds. The zero-order valence-corrected chi connectivity index (χ0v) is 11.8. The van der Waals surface area contributed by atoms with E-state index in [2.05, 4.69) is 25.8 Å². The Kier molecular flexibility index (Phi) is 4.34. The van der Waals surface area contributed by atoms with Crippen LogP contribution in [0.15, 0.2) is 24.3 Å². The molecule has 0 saturated heterocycles. The highest BCUT2D eigenvalue weighted by Crippen LogP contribution is 2.30. The lowest BCUT2D eigenvalue weighted by Gasteiger charge is -2.13. The second-order valence-electron chi connectivity index (χ2n) is 4.68. The second kappa shape index (κ2) is 6.04. The number of halogens is 3. The molecule has 118 valence electrons. The fraction of sp³-hybridized carbons (Fsp3) is 0.308. The number of rotatable bonds is 3. The lowest BCUT2D eigenvalue weighted by Crippen LogP contribution is -2.31. The summed E-state index contributed by atoms with van der Waals surface area (Å²) in [6.45, 7) is 3.38. The summed E-state index contributed by atoms with van der Waals surface area (Å²) in [7, 11) is 0. The van der Waals surface area contributed by atoms with Crippen LogP contribution >= 0.6 is 0 Å². The first-order valence-corrected chi connectivity index (χ1v) is 6.39. The molecule has 1 atom stereocenters. The lowest BCUT2D eigenvalue weighted by molar-refractivity contribution is -0.137. The van der Waals surface area contributed by atoms with Gasteiger partial charge in [0.2, 0.25) is 0 Å².